The van der Waals surface area contributed by atoms with E-state index in [0.717, 1.165) is 11.1 Å². The largest absolute Gasteiger partial charge is 0.369 e. The van der Waals surface area contributed by atoms with E-state index in [2.05, 4.69) is 25.9 Å². The minimum Gasteiger partial charge on any atom is -0.369 e. The number of anilines is 1. The number of benzene rings is 1. The quantitative estimate of drug-likeness (QED) is 0.193. The first-order valence-corrected chi connectivity index (χ1v) is 9.47. The van der Waals surface area contributed by atoms with Gasteiger partial charge in [-0.3, -0.25) is 20.5 Å². The Morgan fingerprint density at radius 2 is 2.00 bits per heavy atom. The van der Waals surface area contributed by atoms with Crippen LogP contribution in [0.5, 0.6) is 0 Å². The maximum absolute atomic E-state index is 13.4. The summed E-state index contributed by atoms with van der Waals surface area (Å²) in [5, 5.41) is 24.7. The van der Waals surface area contributed by atoms with Crippen molar-refractivity contribution in [2.45, 2.75) is 13.0 Å². The van der Waals surface area contributed by atoms with E-state index in [0.29, 0.717) is 19.5 Å². The number of aromatic nitrogens is 2. The van der Waals surface area contributed by atoms with Gasteiger partial charge in [-0.05, 0) is 47.9 Å². The molecule has 1 amide bonds. The van der Waals surface area contributed by atoms with Crippen LogP contribution in [0.25, 0.3) is 0 Å². The van der Waals surface area contributed by atoms with Gasteiger partial charge in [0.15, 0.2) is 12.0 Å². The fourth-order valence-electron chi connectivity index (χ4n) is 2.83. The average molecular weight is 417 g/mol. The number of rotatable bonds is 8. The van der Waals surface area contributed by atoms with Crippen molar-refractivity contribution in [2.75, 3.05) is 11.9 Å². The number of amidine groups is 1. The lowest BCUT2D eigenvalue weighted by atomic mass is 10.1. The van der Waals surface area contributed by atoms with Gasteiger partial charge in [-0.2, -0.15) is 5.26 Å². The lowest BCUT2D eigenvalue weighted by molar-refractivity contribution is 0.0951. The van der Waals surface area contributed by atoms with Crippen LogP contribution in [0.4, 0.5) is 10.2 Å². The Balaban J connectivity index is 1.75. The number of carbonyl (C=O) groups excluding carboxylic acids is 1. The van der Waals surface area contributed by atoms with E-state index in [9.17, 15) is 9.18 Å². The first kappa shape index (κ1) is 21.4. The van der Waals surface area contributed by atoms with Gasteiger partial charge in [0.1, 0.15) is 17.3 Å². The molecule has 31 heavy (non-hydrogen) atoms. The zero-order valence-electron chi connectivity index (χ0n) is 16.5. The second-order valence-corrected chi connectivity index (χ2v) is 6.56. The highest BCUT2D eigenvalue weighted by Gasteiger charge is 2.15. The van der Waals surface area contributed by atoms with Crippen LogP contribution in [-0.2, 0) is 13.0 Å². The van der Waals surface area contributed by atoms with Crippen molar-refractivity contribution in [1.29, 1.82) is 10.7 Å². The number of carbonyl (C=O) groups is 1. The number of hydrogen-bond acceptors (Lipinski definition) is 6. The van der Waals surface area contributed by atoms with E-state index in [1.54, 1.807) is 36.8 Å². The van der Waals surface area contributed by atoms with E-state index in [1.807, 2.05) is 12.1 Å². The van der Waals surface area contributed by atoms with Crippen LogP contribution in [0.1, 0.15) is 27.2 Å². The molecule has 0 spiro atoms. The molecule has 3 rings (SSSR count). The number of amides is 1. The van der Waals surface area contributed by atoms with Crippen LogP contribution < -0.4 is 16.0 Å². The molecule has 0 radical (unpaired) electrons. The summed E-state index contributed by atoms with van der Waals surface area (Å²) in [5.74, 6) is -0.583. The van der Waals surface area contributed by atoms with E-state index in [4.69, 9.17) is 10.7 Å². The van der Waals surface area contributed by atoms with Crippen molar-refractivity contribution in [3.8, 4) is 6.19 Å². The van der Waals surface area contributed by atoms with Gasteiger partial charge < -0.3 is 10.6 Å². The van der Waals surface area contributed by atoms with Crippen molar-refractivity contribution in [1.82, 2.24) is 20.6 Å². The molecule has 0 aliphatic heterocycles. The Hall–Kier alpha value is -4.32. The molecule has 1 aromatic carbocycles. The second kappa shape index (κ2) is 10.5. The van der Waals surface area contributed by atoms with Gasteiger partial charge in [0.25, 0.3) is 5.91 Å². The topological polar surface area (TPSA) is 127 Å². The third-order valence-electron chi connectivity index (χ3n) is 4.35. The minimum atomic E-state index is -0.351. The lowest BCUT2D eigenvalue weighted by Gasteiger charge is -2.13. The molecule has 0 unspecified atom stereocenters. The Morgan fingerprint density at radius 1 is 1.16 bits per heavy atom. The van der Waals surface area contributed by atoms with E-state index in [-0.39, 0.29) is 34.6 Å². The number of halogens is 1. The molecule has 0 bridgehead atoms. The molecule has 8 nitrogen and oxygen atoms in total. The molecule has 2 heterocycles. The number of pyridine rings is 2. The Kier molecular flexibility index (Phi) is 7.21. The maximum Gasteiger partial charge on any atom is 0.255 e. The molecule has 4 N–H and O–H groups in total. The highest BCUT2D eigenvalue weighted by molar-refractivity contribution is 6.01. The molecule has 0 saturated carbocycles. The highest BCUT2D eigenvalue weighted by Crippen LogP contribution is 2.15. The monoisotopic (exact) mass is 417 g/mol. The van der Waals surface area contributed by atoms with Crippen molar-refractivity contribution < 1.29 is 9.18 Å². The molecule has 0 aliphatic rings. The zero-order valence-corrected chi connectivity index (χ0v) is 16.5. The SMILES string of the molecule is N#CNC(=N)c1ccc(C(=O)NCc2cccnc2)c(NCCc2cccc(F)c2)n1. The van der Waals surface area contributed by atoms with Gasteiger partial charge in [0.05, 0.1) is 5.56 Å². The molecule has 0 fully saturated rings. The second-order valence-electron chi connectivity index (χ2n) is 6.56. The van der Waals surface area contributed by atoms with Crippen LogP contribution >= 0.6 is 0 Å². The van der Waals surface area contributed by atoms with Gasteiger partial charge in [-0.15, -0.1) is 0 Å². The fourth-order valence-corrected chi connectivity index (χ4v) is 2.83. The Labute approximate surface area is 178 Å². The van der Waals surface area contributed by atoms with Gasteiger partial charge >= 0.3 is 0 Å². The van der Waals surface area contributed by atoms with Crippen molar-refractivity contribution in [2.24, 2.45) is 0 Å². The molecular formula is C22H20FN7O. The summed E-state index contributed by atoms with van der Waals surface area (Å²) in [6.45, 7) is 0.685. The molecule has 0 saturated heterocycles. The van der Waals surface area contributed by atoms with E-state index >= 15 is 0 Å². The standard InChI is InChI=1S/C22H20FN7O/c23-17-5-1-3-15(11-17)8-10-27-21-18(6-7-19(30-21)20(25)29-14-24)22(31)28-13-16-4-2-9-26-12-16/h1-7,9,11-12H,8,10,13H2,(H2,25,29)(H,27,30)(H,28,31). The summed E-state index contributed by atoms with van der Waals surface area (Å²) in [6, 6.07) is 12.9. The third-order valence-corrected chi connectivity index (χ3v) is 4.35. The predicted molar refractivity (Wildman–Crippen MR) is 114 cm³/mol. The summed E-state index contributed by atoms with van der Waals surface area (Å²) in [5.41, 5.74) is 2.14. The highest BCUT2D eigenvalue weighted by atomic mass is 19.1. The summed E-state index contributed by atoms with van der Waals surface area (Å²) in [7, 11) is 0. The summed E-state index contributed by atoms with van der Waals surface area (Å²) in [4.78, 5) is 21.1. The normalized spacial score (nSPS) is 10.1. The van der Waals surface area contributed by atoms with Crippen LogP contribution in [-0.4, -0.2) is 28.3 Å². The van der Waals surface area contributed by atoms with E-state index < -0.39 is 0 Å². The molecule has 9 heteroatoms. The van der Waals surface area contributed by atoms with Crippen molar-refractivity contribution in [3.05, 3.63) is 89.1 Å². The first-order chi connectivity index (χ1) is 15.1. The molecular weight excluding hydrogens is 397 g/mol. The number of nitrogens with zero attached hydrogens (tertiary/aromatic N) is 3. The van der Waals surface area contributed by atoms with Crippen LogP contribution in [0.2, 0.25) is 0 Å². The Bertz CT molecular complexity index is 1110. The van der Waals surface area contributed by atoms with E-state index in [1.165, 1.54) is 18.2 Å². The molecule has 2 aromatic heterocycles. The molecule has 3 aromatic rings. The average Bonchev–Trinajstić information content (AvgIpc) is 2.78. The molecule has 0 aliphatic carbocycles. The van der Waals surface area contributed by atoms with Gasteiger partial charge in [-0.25, -0.2) is 9.37 Å². The third kappa shape index (κ3) is 6.08. The number of nitrogens with one attached hydrogen (secondary N) is 4. The predicted octanol–water partition coefficient (Wildman–Crippen LogP) is 2.60. The molecule has 156 valence electrons. The van der Waals surface area contributed by atoms with Crippen LogP contribution in [0.15, 0.2) is 60.9 Å². The van der Waals surface area contributed by atoms with Gasteiger partial charge in [0, 0.05) is 25.5 Å². The minimum absolute atomic E-state index is 0.182. The smallest absolute Gasteiger partial charge is 0.255 e. The first-order valence-electron chi connectivity index (χ1n) is 9.47. The van der Waals surface area contributed by atoms with Gasteiger partial charge in [-0.1, -0.05) is 18.2 Å². The lowest BCUT2D eigenvalue weighted by Crippen LogP contribution is -2.26. The fraction of sp³-hybridized carbons (Fsp3) is 0.136. The summed E-state index contributed by atoms with van der Waals surface area (Å²) < 4.78 is 13.4. The molecule has 0 atom stereocenters. The maximum atomic E-state index is 13.4. The summed E-state index contributed by atoms with van der Waals surface area (Å²) in [6.07, 6.45) is 5.50. The van der Waals surface area contributed by atoms with Crippen LogP contribution in [0.3, 0.4) is 0 Å². The Morgan fingerprint density at radius 3 is 2.74 bits per heavy atom. The number of hydrogen-bond donors (Lipinski definition) is 4. The van der Waals surface area contributed by atoms with Gasteiger partial charge in [0.2, 0.25) is 0 Å². The summed E-state index contributed by atoms with van der Waals surface area (Å²) >= 11 is 0. The van der Waals surface area contributed by atoms with Crippen molar-refractivity contribution >= 4 is 17.6 Å². The van der Waals surface area contributed by atoms with Crippen molar-refractivity contribution in [3.63, 3.8) is 0 Å². The number of nitriles is 1. The van der Waals surface area contributed by atoms with Crippen LogP contribution in [0, 0.1) is 22.7 Å². The zero-order chi connectivity index (χ0) is 22.1.